The van der Waals surface area contributed by atoms with Gasteiger partial charge in [-0.2, -0.15) is 11.8 Å². The fraction of sp³-hybridized carbons (Fsp3) is 0.909. The number of rotatable bonds is 4. The van der Waals surface area contributed by atoms with Gasteiger partial charge in [-0.25, -0.2) is 0 Å². The largest absolute Gasteiger partial charge is 0.356 e. The Morgan fingerprint density at radius 3 is 2.60 bits per heavy atom. The zero-order valence-electron chi connectivity index (χ0n) is 9.66. The summed E-state index contributed by atoms with van der Waals surface area (Å²) in [6.07, 6.45) is 2.47. The standard InChI is InChI=1S/C11H22N2OS/c1-8(9(2)12)11(14)13-7-10-3-5-15-6-4-10/h8-10H,3-7,12H2,1-2H3,(H,13,14). The highest BCUT2D eigenvalue weighted by atomic mass is 32.2. The Morgan fingerprint density at radius 1 is 1.47 bits per heavy atom. The molecule has 1 aliphatic rings. The average molecular weight is 230 g/mol. The van der Waals surface area contributed by atoms with Crippen LogP contribution in [-0.4, -0.2) is 30.0 Å². The second kappa shape index (κ2) is 6.38. The highest BCUT2D eigenvalue weighted by Gasteiger charge is 2.19. The van der Waals surface area contributed by atoms with Crippen molar-refractivity contribution in [3.8, 4) is 0 Å². The first-order chi connectivity index (χ1) is 7.11. The Morgan fingerprint density at radius 2 is 2.07 bits per heavy atom. The normalized spacial score (nSPS) is 22.1. The van der Waals surface area contributed by atoms with Crippen molar-refractivity contribution in [1.29, 1.82) is 0 Å². The maximum atomic E-state index is 11.6. The monoisotopic (exact) mass is 230 g/mol. The third-order valence-electron chi connectivity index (χ3n) is 3.11. The first-order valence-corrected chi connectivity index (χ1v) is 6.87. The minimum absolute atomic E-state index is 0.0630. The topological polar surface area (TPSA) is 55.1 Å². The molecule has 2 atom stereocenters. The molecule has 3 nitrogen and oxygen atoms in total. The molecule has 0 aliphatic carbocycles. The van der Waals surface area contributed by atoms with Gasteiger partial charge in [-0.3, -0.25) is 4.79 Å². The molecule has 0 bridgehead atoms. The molecular weight excluding hydrogens is 208 g/mol. The highest BCUT2D eigenvalue weighted by Crippen LogP contribution is 2.21. The molecular formula is C11H22N2OS. The van der Waals surface area contributed by atoms with Crippen molar-refractivity contribution < 1.29 is 4.79 Å². The molecule has 1 aliphatic heterocycles. The van der Waals surface area contributed by atoms with Crippen LogP contribution in [0.3, 0.4) is 0 Å². The van der Waals surface area contributed by atoms with E-state index in [9.17, 15) is 4.79 Å². The van der Waals surface area contributed by atoms with Crippen LogP contribution in [0.1, 0.15) is 26.7 Å². The number of nitrogens with one attached hydrogen (secondary N) is 1. The van der Waals surface area contributed by atoms with E-state index in [1.54, 1.807) is 0 Å². The van der Waals surface area contributed by atoms with Crippen molar-refractivity contribution in [3.05, 3.63) is 0 Å². The van der Waals surface area contributed by atoms with E-state index in [0.29, 0.717) is 5.92 Å². The van der Waals surface area contributed by atoms with E-state index in [2.05, 4.69) is 5.32 Å². The lowest BCUT2D eigenvalue weighted by atomic mass is 10.0. The Balaban J connectivity index is 2.20. The molecule has 4 heteroatoms. The summed E-state index contributed by atoms with van der Waals surface area (Å²) < 4.78 is 0. The molecule has 0 radical (unpaired) electrons. The molecule has 1 heterocycles. The zero-order valence-corrected chi connectivity index (χ0v) is 10.5. The number of amides is 1. The first kappa shape index (κ1) is 12.8. The van der Waals surface area contributed by atoms with Crippen LogP contribution < -0.4 is 11.1 Å². The SMILES string of the molecule is CC(N)C(C)C(=O)NCC1CCSCC1. The second-order valence-electron chi connectivity index (χ2n) is 4.45. The molecule has 0 aromatic rings. The van der Waals surface area contributed by atoms with Gasteiger partial charge < -0.3 is 11.1 Å². The summed E-state index contributed by atoms with van der Waals surface area (Å²) in [5.41, 5.74) is 5.68. The van der Waals surface area contributed by atoms with Gasteiger partial charge >= 0.3 is 0 Å². The molecule has 2 unspecified atom stereocenters. The van der Waals surface area contributed by atoms with E-state index >= 15 is 0 Å². The predicted molar refractivity (Wildman–Crippen MR) is 65.9 cm³/mol. The fourth-order valence-electron chi connectivity index (χ4n) is 1.60. The van der Waals surface area contributed by atoms with Crippen LogP contribution in [-0.2, 0) is 4.79 Å². The van der Waals surface area contributed by atoms with Crippen LogP contribution in [0.25, 0.3) is 0 Å². The lowest BCUT2D eigenvalue weighted by Crippen LogP contribution is -2.40. The molecule has 1 amide bonds. The van der Waals surface area contributed by atoms with E-state index in [1.165, 1.54) is 24.3 Å². The van der Waals surface area contributed by atoms with Crippen molar-refractivity contribution in [2.45, 2.75) is 32.7 Å². The van der Waals surface area contributed by atoms with E-state index < -0.39 is 0 Å². The minimum atomic E-state index is -0.0806. The van der Waals surface area contributed by atoms with Crippen LogP contribution in [0.5, 0.6) is 0 Å². The van der Waals surface area contributed by atoms with Crippen molar-refractivity contribution >= 4 is 17.7 Å². The molecule has 3 N–H and O–H groups in total. The van der Waals surface area contributed by atoms with Crippen molar-refractivity contribution in [2.24, 2.45) is 17.6 Å². The fourth-order valence-corrected chi connectivity index (χ4v) is 2.80. The van der Waals surface area contributed by atoms with Gasteiger partial charge in [-0.1, -0.05) is 6.92 Å². The predicted octanol–water partition coefficient (Wildman–Crippen LogP) is 1.23. The molecule has 0 saturated carbocycles. The Kier molecular flexibility index (Phi) is 5.47. The molecule has 88 valence electrons. The number of hydrogen-bond donors (Lipinski definition) is 2. The van der Waals surface area contributed by atoms with Gasteiger partial charge in [0, 0.05) is 18.5 Å². The average Bonchev–Trinajstić information content (AvgIpc) is 2.26. The van der Waals surface area contributed by atoms with Gasteiger partial charge in [0.05, 0.1) is 0 Å². The third kappa shape index (κ3) is 4.43. The molecule has 1 saturated heterocycles. The molecule has 1 rings (SSSR count). The van der Waals surface area contributed by atoms with Gasteiger partial charge in [0.25, 0.3) is 0 Å². The number of carbonyl (C=O) groups excluding carboxylic acids is 1. The Bertz CT molecular complexity index is 203. The quantitative estimate of drug-likeness (QED) is 0.764. The molecule has 0 aromatic heterocycles. The minimum Gasteiger partial charge on any atom is -0.356 e. The number of hydrogen-bond acceptors (Lipinski definition) is 3. The Hall–Kier alpha value is -0.220. The summed E-state index contributed by atoms with van der Waals surface area (Å²) in [5.74, 6) is 3.17. The van der Waals surface area contributed by atoms with Gasteiger partial charge in [0.15, 0.2) is 0 Å². The van der Waals surface area contributed by atoms with E-state index in [4.69, 9.17) is 5.73 Å². The van der Waals surface area contributed by atoms with E-state index in [-0.39, 0.29) is 17.9 Å². The van der Waals surface area contributed by atoms with Crippen molar-refractivity contribution in [3.63, 3.8) is 0 Å². The number of thioether (sulfide) groups is 1. The Labute approximate surface area is 96.6 Å². The van der Waals surface area contributed by atoms with Crippen LogP contribution in [0, 0.1) is 11.8 Å². The van der Waals surface area contributed by atoms with Crippen LogP contribution >= 0.6 is 11.8 Å². The lowest BCUT2D eigenvalue weighted by Gasteiger charge is -2.23. The zero-order chi connectivity index (χ0) is 11.3. The van der Waals surface area contributed by atoms with Crippen molar-refractivity contribution in [1.82, 2.24) is 5.32 Å². The number of nitrogens with two attached hydrogens (primary N) is 1. The first-order valence-electron chi connectivity index (χ1n) is 5.72. The van der Waals surface area contributed by atoms with Crippen LogP contribution in [0.4, 0.5) is 0 Å². The van der Waals surface area contributed by atoms with Gasteiger partial charge in [0.2, 0.25) is 5.91 Å². The summed E-state index contributed by atoms with van der Waals surface area (Å²) >= 11 is 2.01. The van der Waals surface area contributed by atoms with Crippen molar-refractivity contribution in [2.75, 3.05) is 18.1 Å². The van der Waals surface area contributed by atoms with Gasteiger partial charge in [-0.15, -0.1) is 0 Å². The van der Waals surface area contributed by atoms with Crippen LogP contribution in [0.15, 0.2) is 0 Å². The smallest absolute Gasteiger partial charge is 0.224 e. The summed E-state index contributed by atoms with van der Waals surface area (Å²) in [7, 11) is 0. The van der Waals surface area contributed by atoms with Gasteiger partial charge in [-0.05, 0) is 37.2 Å². The maximum absolute atomic E-state index is 11.6. The molecule has 15 heavy (non-hydrogen) atoms. The lowest BCUT2D eigenvalue weighted by molar-refractivity contribution is -0.125. The summed E-state index contributed by atoms with van der Waals surface area (Å²) in [6.45, 7) is 4.59. The summed E-state index contributed by atoms with van der Waals surface area (Å²) in [4.78, 5) is 11.6. The number of carbonyl (C=O) groups is 1. The summed E-state index contributed by atoms with van der Waals surface area (Å²) in [5, 5.41) is 3.01. The third-order valence-corrected chi connectivity index (χ3v) is 4.16. The van der Waals surface area contributed by atoms with Crippen LogP contribution in [0.2, 0.25) is 0 Å². The molecule has 0 aromatic carbocycles. The maximum Gasteiger partial charge on any atom is 0.224 e. The molecule has 1 fully saturated rings. The summed E-state index contributed by atoms with van der Waals surface area (Å²) in [6, 6.07) is -0.0630. The van der Waals surface area contributed by atoms with E-state index in [1.807, 2.05) is 25.6 Å². The van der Waals surface area contributed by atoms with E-state index in [0.717, 1.165) is 6.54 Å². The molecule has 0 spiro atoms. The van der Waals surface area contributed by atoms with Gasteiger partial charge in [0.1, 0.15) is 0 Å². The highest BCUT2D eigenvalue weighted by molar-refractivity contribution is 7.99. The second-order valence-corrected chi connectivity index (χ2v) is 5.67.